The van der Waals surface area contributed by atoms with Crippen LogP contribution in [0.1, 0.15) is 18.4 Å². The molecule has 5 nitrogen and oxygen atoms in total. The Balaban J connectivity index is 1.75. The van der Waals surface area contributed by atoms with E-state index in [1.165, 1.54) is 5.56 Å². The smallest absolute Gasteiger partial charge is 0.150 e. The van der Waals surface area contributed by atoms with Gasteiger partial charge in [0, 0.05) is 24.0 Å². The van der Waals surface area contributed by atoms with Crippen LogP contribution in [0.15, 0.2) is 36.0 Å². The Morgan fingerprint density at radius 2 is 1.81 bits per heavy atom. The number of aromatic nitrogens is 2. The molecule has 1 aliphatic rings. The molecule has 7 heteroatoms. The molecule has 26 heavy (non-hydrogen) atoms. The topological polar surface area (TPSA) is 63.2 Å². The van der Waals surface area contributed by atoms with Crippen molar-refractivity contribution in [1.29, 1.82) is 0 Å². The zero-order valence-electron chi connectivity index (χ0n) is 14.8. The maximum Gasteiger partial charge on any atom is 0.150 e. The van der Waals surface area contributed by atoms with Gasteiger partial charge in [0.15, 0.2) is 0 Å². The number of rotatable bonds is 3. The lowest BCUT2D eigenvalue weighted by atomic mass is 10.0. The van der Waals surface area contributed by atoms with E-state index in [1.54, 1.807) is 17.7 Å². The molecule has 0 aliphatic carbocycles. The van der Waals surface area contributed by atoms with Gasteiger partial charge in [-0.2, -0.15) is 0 Å². The maximum absolute atomic E-state index is 11.8. The predicted octanol–water partition coefficient (Wildman–Crippen LogP) is 3.68. The van der Waals surface area contributed by atoms with Gasteiger partial charge in [-0.15, -0.1) is 11.3 Å². The lowest BCUT2D eigenvalue weighted by Crippen LogP contribution is -2.39. The second kappa shape index (κ2) is 6.63. The summed E-state index contributed by atoms with van der Waals surface area (Å²) in [6.45, 7) is 2.08. The first-order chi connectivity index (χ1) is 12.4. The molecule has 4 rings (SSSR count). The third-order valence-corrected chi connectivity index (χ3v) is 7.72. The summed E-state index contributed by atoms with van der Waals surface area (Å²) in [5, 5.41) is 3.18. The fourth-order valence-electron chi connectivity index (χ4n) is 3.51. The van der Waals surface area contributed by atoms with E-state index < -0.39 is 9.84 Å². The fourth-order valence-corrected chi connectivity index (χ4v) is 5.89. The summed E-state index contributed by atoms with van der Waals surface area (Å²) < 4.78 is 23.5. The van der Waals surface area contributed by atoms with Gasteiger partial charge in [-0.1, -0.05) is 29.8 Å². The zero-order valence-corrected chi connectivity index (χ0v) is 16.5. The van der Waals surface area contributed by atoms with Crippen LogP contribution in [0.4, 0.5) is 5.82 Å². The minimum Gasteiger partial charge on any atom is -0.356 e. The number of benzene rings is 1. The number of anilines is 1. The minimum absolute atomic E-state index is 0.183. The van der Waals surface area contributed by atoms with Crippen molar-refractivity contribution in [2.45, 2.75) is 25.8 Å². The van der Waals surface area contributed by atoms with Gasteiger partial charge in [0.25, 0.3) is 0 Å². The first kappa shape index (κ1) is 17.4. The summed E-state index contributed by atoms with van der Waals surface area (Å²) in [4.78, 5) is 12.1. The van der Waals surface area contributed by atoms with Gasteiger partial charge in [-0.25, -0.2) is 18.4 Å². The number of fused-ring (bicyclic) bond motifs is 1. The Labute approximate surface area is 157 Å². The summed E-state index contributed by atoms with van der Waals surface area (Å²) in [5.41, 5.74) is 3.51. The van der Waals surface area contributed by atoms with E-state index >= 15 is 0 Å². The van der Waals surface area contributed by atoms with Crippen molar-refractivity contribution >= 4 is 37.2 Å². The second-order valence-electron chi connectivity index (χ2n) is 6.89. The molecule has 1 aliphatic heterocycles. The van der Waals surface area contributed by atoms with Gasteiger partial charge < -0.3 is 4.90 Å². The SMILES string of the molecule is Cc1ccc(-c2csc3ncnc(N(C)C4CCS(=O)(=O)CC4)c23)cc1. The first-order valence-corrected chi connectivity index (χ1v) is 11.4. The van der Waals surface area contributed by atoms with Crippen LogP contribution in [0.25, 0.3) is 21.3 Å². The van der Waals surface area contributed by atoms with Gasteiger partial charge in [0.1, 0.15) is 26.8 Å². The monoisotopic (exact) mass is 387 g/mol. The molecule has 0 saturated carbocycles. The second-order valence-corrected chi connectivity index (χ2v) is 10.0. The van der Waals surface area contributed by atoms with Gasteiger partial charge >= 0.3 is 0 Å². The number of thiophene rings is 1. The van der Waals surface area contributed by atoms with Gasteiger partial charge in [0.05, 0.1) is 16.9 Å². The molecule has 3 heterocycles. The standard InChI is InChI=1S/C19H21N3O2S2/c1-13-3-5-14(6-4-13)16-11-25-19-17(16)18(20-12-21-19)22(2)15-7-9-26(23,24)10-8-15/h3-6,11-12,15H,7-10H2,1-2H3. The van der Waals surface area contributed by atoms with Crippen LogP contribution < -0.4 is 4.90 Å². The molecule has 136 valence electrons. The van der Waals surface area contributed by atoms with Crippen LogP contribution in [0.3, 0.4) is 0 Å². The summed E-state index contributed by atoms with van der Waals surface area (Å²) >= 11 is 1.62. The summed E-state index contributed by atoms with van der Waals surface area (Å²) in [7, 11) is -0.861. The largest absolute Gasteiger partial charge is 0.356 e. The highest BCUT2D eigenvalue weighted by atomic mass is 32.2. The van der Waals surface area contributed by atoms with Crippen LogP contribution >= 0.6 is 11.3 Å². The predicted molar refractivity (Wildman–Crippen MR) is 108 cm³/mol. The molecule has 1 saturated heterocycles. The van der Waals surface area contributed by atoms with Crippen molar-refractivity contribution in [2.75, 3.05) is 23.5 Å². The maximum atomic E-state index is 11.8. The average Bonchev–Trinajstić information content (AvgIpc) is 3.06. The highest BCUT2D eigenvalue weighted by molar-refractivity contribution is 7.91. The zero-order chi connectivity index (χ0) is 18.3. The summed E-state index contributed by atoms with van der Waals surface area (Å²) in [5.74, 6) is 1.39. The van der Waals surface area contributed by atoms with Crippen molar-refractivity contribution in [2.24, 2.45) is 0 Å². The van der Waals surface area contributed by atoms with E-state index in [0.717, 1.165) is 27.2 Å². The Kier molecular flexibility index (Phi) is 4.44. The van der Waals surface area contributed by atoms with E-state index in [9.17, 15) is 8.42 Å². The molecule has 0 radical (unpaired) electrons. The highest BCUT2D eigenvalue weighted by Gasteiger charge is 2.28. The van der Waals surface area contributed by atoms with Crippen LogP contribution in [-0.2, 0) is 9.84 Å². The molecule has 0 spiro atoms. The van der Waals surface area contributed by atoms with Crippen LogP contribution in [0.2, 0.25) is 0 Å². The Hall–Kier alpha value is -1.99. The van der Waals surface area contributed by atoms with Crippen molar-refractivity contribution in [3.05, 3.63) is 41.5 Å². The van der Waals surface area contributed by atoms with E-state index in [2.05, 4.69) is 51.4 Å². The normalized spacial score (nSPS) is 17.5. The Morgan fingerprint density at radius 3 is 2.50 bits per heavy atom. The van der Waals surface area contributed by atoms with E-state index in [-0.39, 0.29) is 17.5 Å². The van der Waals surface area contributed by atoms with E-state index in [1.807, 2.05) is 7.05 Å². The van der Waals surface area contributed by atoms with Crippen molar-refractivity contribution in [1.82, 2.24) is 9.97 Å². The number of hydrogen-bond donors (Lipinski definition) is 0. The highest BCUT2D eigenvalue weighted by Crippen LogP contribution is 2.38. The van der Waals surface area contributed by atoms with E-state index in [4.69, 9.17) is 0 Å². The Bertz CT molecular complexity index is 1030. The minimum atomic E-state index is -2.88. The first-order valence-electron chi connectivity index (χ1n) is 8.67. The third-order valence-electron chi connectivity index (χ3n) is 5.12. The molecule has 0 amide bonds. The van der Waals surface area contributed by atoms with Gasteiger partial charge in [-0.05, 0) is 25.3 Å². The van der Waals surface area contributed by atoms with Crippen molar-refractivity contribution in [3.63, 3.8) is 0 Å². The van der Waals surface area contributed by atoms with Gasteiger partial charge in [-0.3, -0.25) is 0 Å². The van der Waals surface area contributed by atoms with E-state index in [0.29, 0.717) is 12.8 Å². The molecular formula is C19H21N3O2S2. The van der Waals surface area contributed by atoms with Gasteiger partial charge in [0.2, 0.25) is 0 Å². The molecule has 0 atom stereocenters. The lowest BCUT2D eigenvalue weighted by Gasteiger charge is -2.32. The van der Waals surface area contributed by atoms with Crippen LogP contribution in [0, 0.1) is 6.92 Å². The molecule has 1 fully saturated rings. The van der Waals surface area contributed by atoms with Crippen molar-refractivity contribution in [3.8, 4) is 11.1 Å². The third kappa shape index (κ3) is 3.21. The quantitative estimate of drug-likeness (QED) is 0.686. The molecule has 2 aromatic heterocycles. The number of nitrogens with zero attached hydrogens (tertiary/aromatic N) is 3. The fraction of sp³-hybridized carbons (Fsp3) is 0.368. The number of sulfone groups is 1. The molecular weight excluding hydrogens is 366 g/mol. The molecule has 0 N–H and O–H groups in total. The lowest BCUT2D eigenvalue weighted by molar-refractivity contribution is 0.532. The van der Waals surface area contributed by atoms with Crippen LogP contribution in [0.5, 0.6) is 0 Å². The molecule has 1 aromatic carbocycles. The molecule has 0 unspecified atom stereocenters. The summed E-state index contributed by atoms with van der Waals surface area (Å²) in [6.07, 6.45) is 2.89. The number of aryl methyl sites for hydroxylation is 1. The molecule has 0 bridgehead atoms. The number of hydrogen-bond acceptors (Lipinski definition) is 6. The van der Waals surface area contributed by atoms with Crippen molar-refractivity contribution < 1.29 is 8.42 Å². The Morgan fingerprint density at radius 1 is 1.12 bits per heavy atom. The van der Waals surface area contributed by atoms with Crippen LogP contribution in [-0.4, -0.2) is 43.0 Å². The summed E-state index contributed by atoms with van der Waals surface area (Å²) in [6, 6.07) is 8.65. The average molecular weight is 388 g/mol. The molecule has 3 aromatic rings.